The quantitative estimate of drug-likeness (QED) is 0.702. The lowest BCUT2D eigenvalue weighted by Crippen LogP contribution is -2.28. The molecule has 2 N–H and O–H groups in total. The third-order valence-corrected chi connectivity index (χ3v) is 2.86. The molecule has 5 heteroatoms. The minimum Gasteiger partial charge on any atom is -0.310 e. The van der Waals surface area contributed by atoms with Gasteiger partial charge in [0.05, 0.1) is 5.56 Å². The van der Waals surface area contributed by atoms with Crippen LogP contribution in [0.5, 0.6) is 0 Å². The van der Waals surface area contributed by atoms with Gasteiger partial charge in [-0.1, -0.05) is 0 Å². The molecular formula is C10H11N3O2. The summed E-state index contributed by atoms with van der Waals surface area (Å²) >= 11 is 0. The molecule has 0 radical (unpaired) electrons. The van der Waals surface area contributed by atoms with Crippen molar-refractivity contribution in [2.45, 2.75) is 31.6 Å². The molecule has 0 saturated heterocycles. The third-order valence-electron chi connectivity index (χ3n) is 2.86. The van der Waals surface area contributed by atoms with E-state index in [0.717, 1.165) is 18.7 Å². The van der Waals surface area contributed by atoms with Crippen LogP contribution in [0, 0.1) is 0 Å². The molecule has 2 aliphatic rings. The summed E-state index contributed by atoms with van der Waals surface area (Å²) in [5, 5.41) is 2.65. The molecule has 15 heavy (non-hydrogen) atoms. The average molecular weight is 205 g/mol. The molecule has 3 rings (SSSR count). The molecule has 1 fully saturated rings. The Bertz CT molecular complexity index is 488. The maximum Gasteiger partial charge on any atom is 0.256 e. The summed E-state index contributed by atoms with van der Waals surface area (Å²) in [6, 6.07) is 0. The van der Waals surface area contributed by atoms with Crippen LogP contribution < -0.4 is 10.9 Å². The van der Waals surface area contributed by atoms with Crippen LogP contribution in [-0.4, -0.2) is 15.9 Å². The molecule has 0 aromatic carbocycles. The van der Waals surface area contributed by atoms with Gasteiger partial charge in [0, 0.05) is 12.3 Å². The molecule has 1 amide bonds. The highest BCUT2D eigenvalue weighted by atomic mass is 16.2. The van der Waals surface area contributed by atoms with E-state index < -0.39 is 0 Å². The van der Waals surface area contributed by atoms with Crippen molar-refractivity contribution < 1.29 is 4.79 Å². The van der Waals surface area contributed by atoms with Gasteiger partial charge >= 0.3 is 0 Å². The highest BCUT2D eigenvalue weighted by Crippen LogP contribution is 2.38. The van der Waals surface area contributed by atoms with Crippen molar-refractivity contribution in [3.05, 3.63) is 21.7 Å². The number of carbonyl (C=O) groups excluding carboxylic acids is 1. The van der Waals surface area contributed by atoms with Crippen molar-refractivity contribution in [2.24, 2.45) is 0 Å². The molecule has 0 spiro atoms. The standard InChI is InChI=1S/C10H11N3O2/c14-7-4-3-6-9(11-7)12-8(5-1-2-5)13-10(6)15/h5H,1-4H2,(H2,11,12,13,14,15). The molecule has 1 aromatic heterocycles. The first-order valence-corrected chi connectivity index (χ1v) is 5.17. The minimum absolute atomic E-state index is 0.0534. The van der Waals surface area contributed by atoms with Crippen LogP contribution in [0.25, 0.3) is 0 Å². The summed E-state index contributed by atoms with van der Waals surface area (Å²) in [4.78, 5) is 29.9. The van der Waals surface area contributed by atoms with E-state index in [9.17, 15) is 9.59 Å². The highest BCUT2D eigenvalue weighted by molar-refractivity contribution is 5.92. The number of fused-ring (bicyclic) bond motifs is 1. The zero-order valence-electron chi connectivity index (χ0n) is 8.17. The van der Waals surface area contributed by atoms with Crippen LogP contribution in [0.4, 0.5) is 5.82 Å². The van der Waals surface area contributed by atoms with E-state index in [1.165, 1.54) is 0 Å². The van der Waals surface area contributed by atoms with Gasteiger partial charge < -0.3 is 10.3 Å². The topological polar surface area (TPSA) is 74.8 Å². The minimum atomic E-state index is -0.0955. The Kier molecular flexibility index (Phi) is 1.68. The zero-order valence-corrected chi connectivity index (χ0v) is 8.17. The highest BCUT2D eigenvalue weighted by Gasteiger charge is 2.28. The molecule has 78 valence electrons. The molecular weight excluding hydrogens is 194 g/mol. The van der Waals surface area contributed by atoms with Gasteiger partial charge in [-0.05, 0) is 19.3 Å². The van der Waals surface area contributed by atoms with E-state index in [0.29, 0.717) is 30.1 Å². The van der Waals surface area contributed by atoms with Gasteiger partial charge in [0.2, 0.25) is 5.91 Å². The number of rotatable bonds is 1. The number of amides is 1. The summed E-state index contributed by atoms with van der Waals surface area (Å²) < 4.78 is 0. The lowest BCUT2D eigenvalue weighted by molar-refractivity contribution is -0.116. The van der Waals surface area contributed by atoms with Gasteiger partial charge in [-0.2, -0.15) is 0 Å². The van der Waals surface area contributed by atoms with Gasteiger partial charge in [-0.25, -0.2) is 4.98 Å². The number of nitrogens with zero attached hydrogens (tertiary/aromatic N) is 1. The van der Waals surface area contributed by atoms with Crippen LogP contribution in [0.2, 0.25) is 0 Å². The molecule has 1 aliphatic heterocycles. The van der Waals surface area contributed by atoms with Crippen molar-refractivity contribution >= 4 is 11.7 Å². The second-order valence-corrected chi connectivity index (χ2v) is 4.10. The van der Waals surface area contributed by atoms with Gasteiger partial charge in [-0.3, -0.25) is 9.59 Å². The SMILES string of the molecule is O=C1CCc2c(nc(C3CC3)[nH]c2=O)N1. The van der Waals surface area contributed by atoms with Crippen LogP contribution in [0.15, 0.2) is 4.79 Å². The Labute approximate surface area is 85.9 Å². The normalized spacial score (nSPS) is 19.6. The molecule has 1 aliphatic carbocycles. The first-order chi connectivity index (χ1) is 7.24. The Morgan fingerprint density at radius 2 is 2.00 bits per heavy atom. The maximum absolute atomic E-state index is 11.7. The Morgan fingerprint density at radius 3 is 2.73 bits per heavy atom. The lowest BCUT2D eigenvalue weighted by Gasteiger charge is -2.15. The largest absolute Gasteiger partial charge is 0.310 e. The Balaban J connectivity index is 2.11. The molecule has 0 bridgehead atoms. The first-order valence-electron chi connectivity index (χ1n) is 5.17. The van der Waals surface area contributed by atoms with E-state index in [-0.39, 0.29) is 11.5 Å². The summed E-state index contributed by atoms with van der Waals surface area (Å²) in [5.74, 6) is 1.53. The second kappa shape index (κ2) is 2.92. The predicted molar refractivity (Wildman–Crippen MR) is 53.8 cm³/mol. The van der Waals surface area contributed by atoms with Gasteiger partial charge in [0.1, 0.15) is 11.6 Å². The van der Waals surface area contributed by atoms with E-state index >= 15 is 0 Å². The fourth-order valence-corrected chi connectivity index (χ4v) is 1.83. The van der Waals surface area contributed by atoms with Crippen LogP contribution >= 0.6 is 0 Å². The fraction of sp³-hybridized carbons (Fsp3) is 0.500. The number of H-pyrrole nitrogens is 1. The lowest BCUT2D eigenvalue weighted by atomic mass is 10.1. The van der Waals surface area contributed by atoms with Crippen molar-refractivity contribution in [1.29, 1.82) is 0 Å². The van der Waals surface area contributed by atoms with Gasteiger partial charge in [0.25, 0.3) is 5.56 Å². The van der Waals surface area contributed by atoms with Crippen molar-refractivity contribution in [1.82, 2.24) is 9.97 Å². The maximum atomic E-state index is 11.7. The molecule has 5 nitrogen and oxygen atoms in total. The van der Waals surface area contributed by atoms with Crippen molar-refractivity contribution in [3.63, 3.8) is 0 Å². The number of hydrogen-bond acceptors (Lipinski definition) is 3. The van der Waals surface area contributed by atoms with E-state index in [4.69, 9.17) is 0 Å². The third kappa shape index (κ3) is 1.44. The fourth-order valence-electron chi connectivity index (χ4n) is 1.83. The number of hydrogen-bond donors (Lipinski definition) is 2. The number of carbonyl (C=O) groups is 1. The van der Waals surface area contributed by atoms with E-state index in [1.54, 1.807) is 0 Å². The Hall–Kier alpha value is -1.65. The first kappa shape index (κ1) is 8.64. The second-order valence-electron chi connectivity index (χ2n) is 4.10. The number of aromatic nitrogens is 2. The monoisotopic (exact) mass is 205 g/mol. The molecule has 0 atom stereocenters. The van der Waals surface area contributed by atoms with Gasteiger partial charge in [-0.15, -0.1) is 0 Å². The number of aromatic amines is 1. The molecule has 0 unspecified atom stereocenters. The van der Waals surface area contributed by atoms with Crippen LogP contribution in [0.3, 0.4) is 0 Å². The van der Waals surface area contributed by atoms with Crippen LogP contribution in [0.1, 0.15) is 36.6 Å². The van der Waals surface area contributed by atoms with Crippen molar-refractivity contribution in [2.75, 3.05) is 5.32 Å². The van der Waals surface area contributed by atoms with Crippen LogP contribution in [-0.2, 0) is 11.2 Å². The number of nitrogens with one attached hydrogen (secondary N) is 2. The molecule has 2 heterocycles. The Morgan fingerprint density at radius 1 is 1.20 bits per heavy atom. The van der Waals surface area contributed by atoms with Crippen molar-refractivity contribution in [3.8, 4) is 0 Å². The zero-order chi connectivity index (χ0) is 10.4. The number of anilines is 1. The van der Waals surface area contributed by atoms with Gasteiger partial charge in [0.15, 0.2) is 0 Å². The predicted octanol–water partition coefficient (Wildman–Crippen LogP) is 0.532. The average Bonchev–Trinajstić information content (AvgIpc) is 2.99. The molecule has 1 saturated carbocycles. The summed E-state index contributed by atoms with van der Waals surface area (Å²) in [7, 11) is 0. The summed E-state index contributed by atoms with van der Waals surface area (Å²) in [6.07, 6.45) is 3.03. The summed E-state index contributed by atoms with van der Waals surface area (Å²) in [6.45, 7) is 0. The molecule has 1 aromatic rings. The summed E-state index contributed by atoms with van der Waals surface area (Å²) in [5.41, 5.74) is 0.515. The van der Waals surface area contributed by atoms with E-state index in [1.807, 2.05) is 0 Å². The van der Waals surface area contributed by atoms with E-state index in [2.05, 4.69) is 15.3 Å². The smallest absolute Gasteiger partial charge is 0.256 e.